The average molecular weight is 214 g/mol. The lowest BCUT2D eigenvalue weighted by Gasteiger charge is -2.25. The highest BCUT2D eigenvalue weighted by atomic mass is 16.5. The zero-order chi connectivity index (χ0) is 11.6. The van der Waals surface area contributed by atoms with Crippen LogP contribution in [0.15, 0.2) is 49.3 Å². The molecule has 2 heteroatoms. The van der Waals surface area contributed by atoms with Gasteiger partial charge in [-0.1, -0.05) is 30.3 Å². The SMILES string of the molecule is C=CCc1ccccc1C1(C)OC=CC1=O. The molecule has 1 aromatic carbocycles. The van der Waals surface area contributed by atoms with Crippen LogP contribution < -0.4 is 0 Å². The number of hydrogen-bond acceptors (Lipinski definition) is 2. The van der Waals surface area contributed by atoms with Gasteiger partial charge in [0, 0.05) is 11.6 Å². The Bertz CT molecular complexity index is 460. The molecule has 0 radical (unpaired) electrons. The summed E-state index contributed by atoms with van der Waals surface area (Å²) < 4.78 is 5.46. The van der Waals surface area contributed by atoms with Gasteiger partial charge in [0.15, 0.2) is 5.60 Å². The van der Waals surface area contributed by atoms with Crippen molar-refractivity contribution in [3.63, 3.8) is 0 Å². The maximum absolute atomic E-state index is 11.8. The molecule has 1 atom stereocenters. The molecular formula is C14H14O2. The summed E-state index contributed by atoms with van der Waals surface area (Å²) in [5.74, 6) is -0.0102. The molecular weight excluding hydrogens is 200 g/mol. The molecule has 1 aliphatic heterocycles. The maximum atomic E-state index is 11.8. The molecule has 0 fully saturated rings. The Kier molecular flexibility index (Phi) is 2.65. The lowest BCUT2D eigenvalue weighted by Crippen LogP contribution is -2.30. The van der Waals surface area contributed by atoms with Crippen molar-refractivity contribution in [1.29, 1.82) is 0 Å². The van der Waals surface area contributed by atoms with E-state index in [1.54, 1.807) is 6.92 Å². The second-order valence-electron chi connectivity index (χ2n) is 3.97. The maximum Gasteiger partial charge on any atom is 0.206 e. The smallest absolute Gasteiger partial charge is 0.206 e. The first-order valence-electron chi connectivity index (χ1n) is 5.26. The van der Waals surface area contributed by atoms with Crippen molar-refractivity contribution in [1.82, 2.24) is 0 Å². The van der Waals surface area contributed by atoms with Crippen LogP contribution in [0, 0.1) is 0 Å². The predicted octanol–water partition coefficient (Wildman–Crippen LogP) is 2.74. The number of hydrogen-bond donors (Lipinski definition) is 0. The third kappa shape index (κ3) is 1.56. The topological polar surface area (TPSA) is 26.3 Å². The molecule has 2 nitrogen and oxygen atoms in total. The van der Waals surface area contributed by atoms with E-state index in [-0.39, 0.29) is 5.78 Å². The van der Waals surface area contributed by atoms with Crippen LogP contribution >= 0.6 is 0 Å². The molecule has 1 heterocycles. The van der Waals surface area contributed by atoms with Gasteiger partial charge in [-0.05, 0) is 18.9 Å². The van der Waals surface area contributed by atoms with E-state index in [0.29, 0.717) is 0 Å². The van der Waals surface area contributed by atoms with Crippen molar-refractivity contribution in [2.24, 2.45) is 0 Å². The number of carbonyl (C=O) groups is 1. The Morgan fingerprint density at radius 1 is 1.44 bits per heavy atom. The van der Waals surface area contributed by atoms with E-state index >= 15 is 0 Å². The Hall–Kier alpha value is -1.83. The third-order valence-corrected chi connectivity index (χ3v) is 2.89. The summed E-state index contributed by atoms with van der Waals surface area (Å²) in [6.07, 6.45) is 5.51. The molecule has 0 aliphatic carbocycles. The summed E-state index contributed by atoms with van der Waals surface area (Å²) in [5.41, 5.74) is 1.14. The number of carbonyl (C=O) groups excluding carboxylic acids is 1. The van der Waals surface area contributed by atoms with Crippen LogP contribution in [0.3, 0.4) is 0 Å². The van der Waals surface area contributed by atoms with E-state index in [1.165, 1.54) is 12.3 Å². The molecule has 2 rings (SSSR count). The zero-order valence-electron chi connectivity index (χ0n) is 9.27. The van der Waals surface area contributed by atoms with Gasteiger partial charge < -0.3 is 4.74 Å². The van der Waals surface area contributed by atoms with Gasteiger partial charge in [-0.15, -0.1) is 6.58 Å². The van der Waals surface area contributed by atoms with Gasteiger partial charge in [-0.3, -0.25) is 4.79 Å². The Balaban J connectivity index is 2.47. The number of ether oxygens (including phenoxy) is 1. The lowest BCUT2D eigenvalue weighted by atomic mass is 9.87. The fourth-order valence-corrected chi connectivity index (χ4v) is 1.96. The molecule has 1 unspecified atom stereocenters. The highest BCUT2D eigenvalue weighted by molar-refractivity contribution is 5.99. The summed E-state index contributed by atoms with van der Waals surface area (Å²) >= 11 is 0. The second kappa shape index (κ2) is 3.97. The summed E-state index contributed by atoms with van der Waals surface area (Å²) in [4.78, 5) is 11.8. The van der Waals surface area contributed by atoms with Crippen LogP contribution in [0.4, 0.5) is 0 Å². The largest absolute Gasteiger partial charge is 0.482 e. The molecule has 1 aromatic rings. The molecule has 1 aliphatic rings. The standard InChI is InChI=1S/C14H14O2/c1-3-6-11-7-4-5-8-12(11)14(2)13(15)9-10-16-14/h3-5,7-10H,1,6H2,2H3. The van der Waals surface area contributed by atoms with E-state index in [4.69, 9.17) is 4.74 Å². The van der Waals surface area contributed by atoms with Gasteiger partial charge in [0.1, 0.15) is 0 Å². The fourth-order valence-electron chi connectivity index (χ4n) is 1.96. The molecule has 16 heavy (non-hydrogen) atoms. The molecule has 0 aromatic heterocycles. The van der Waals surface area contributed by atoms with Gasteiger partial charge in [0.05, 0.1) is 6.26 Å². The first-order valence-corrected chi connectivity index (χ1v) is 5.26. The molecule has 0 spiro atoms. The van der Waals surface area contributed by atoms with Gasteiger partial charge in [0.2, 0.25) is 5.78 Å². The zero-order valence-corrected chi connectivity index (χ0v) is 9.27. The summed E-state index contributed by atoms with van der Waals surface area (Å²) in [6.45, 7) is 5.53. The summed E-state index contributed by atoms with van der Waals surface area (Å²) in [6, 6.07) is 7.81. The fraction of sp³-hybridized carbons (Fsp3) is 0.214. The van der Waals surface area contributed by atoms with Crippen LogP contribution in [0.2, 0.25) is 0 Å². The molecule has 82 valence electrons. The first kappa shape index (κ1) is 10.7. The lowest BCUT2D eigenvalue weighted by molar-refractivity contribution is -0.128. The normalized spacial score (nSPS) is 23.2. The van der Waals surface area contributed by atoms with E-state index in [1.807, 2.05) is 30.3 Å². The number of benzene rings is 1. The Morgan fingerprint density at radius 2 is 2.19 bits per heavy atom. The highest BCUT2D eigenvalue weighted by Crippen LogP contribution is 2.33. The molecule has 0 bridgehead atoms. The van der Waals surface area contributed by atoms with Crippen LogP contribution in [-0.2, 0) is 21.6 Å². The van der Waals surface area contributed by atoms with Gasteiger partial charge >= 0.3 is 0 Å². The van der Waals surface area contributed by atoms with E-state index < -0.39 is 5.60 Å². The predicted molar refractivity (Wildman–Crippen MR) is 62.9 cm³/mol. The second-order valence-corrected chi connectivity index (χ2v) is 3.97. The van der Waals surface area contributed by atoms with Crippen molar-refractivity contribution in [3.8, 4) is 0 Å². The number of ketones is 1. The third-order valence-electron chi connectivity index (χ3n) is 2.89. The first-order chi connectivity index (χ1) is 7.68. The van der Waals surface area contributed by atoms with Crippen LogP contribution in [0.5, 0.6) is 0 Å². The minimum atomic E-state index is -0.862. The minimum absolute atomic E-state index is 0.0102. The monoisotopic (exact) mass is 214 g/mol. The molecule has 0 amide bonds. The summed E-state index contributed by atoms with van der Waals surface area (Å²) in [5, 5.41) is 0. The van der Waals surface area contributed by atoms with Crippen molar-refractivity contribution < 1.29 is 9.53 Å². The van der Waals surface area contributed by atoms with Gasteiger partial charge in [0.25, 0.3) is 0 Å². The van der Waals surface area contributed by atoms with Crippen molar-refractivity contribution in [2.45, 2.75) is 18.9 Å². The Labute approximate surface area is 95.2 Å². The van der Waals surface area contributed by atoms with E-state index in [0.717, 1.165) is 17.5 Å². The Morgan fingerprint density at radius 3 is 2.81 bits per heavy atom. The quantitative estimate of drug-likeness (QED) is 0.723. The molecule has 0 N–H and O–H groups in total. The average Bonchev–Trinajstić information content (AvgIpc) is 2.62. The number of rotatable bonds is 3. The van der Waals surface area contributed by atoms with Gasteiger partial charge in [-0.2, -0.15) is 0 Å². The van der Waals surface area contributed by atoms with Gasteiger partial charge in [-0.25, -0.2) is 0 Å². The number of allylic oxidation sites excluding steroid dienone is 1. The van der Waals surface area contributed by atoms with Crippen LogP contribution in [-0.4, -0.2) is 5.78 Å². The van der Waals surface area contributed by atoms with Crippen molar-refractivity contribution in [3.05, 3.63) is 60.4 Å². The van der Waals surface area contributed by atoms with Crippen molar-refractivity contribution in [2.75, 3.05) is 0 Å². The highest BCUT2D eigenvalue weighted by Gasteiger charge is 2.39. The van der Waals surface area contributed by atoms with E-state index in [9.17, 15) is 4.79 Å². The molecule has 0 saturated heterocycles. The minimum Gasteiger partial charge on any atom is -0.482 e. The molecule has 0 saturated carbocycles. The van der Waals surface area contributed by atoms with Crippen molar-refractivity contribution >= 4 is 5.78 Å². The van der Waals surface area contributed by atoms with Crippen LogP contribution in [0.1, 0.15) is 18.1 Å². The summed E-state index contributed by atoms with van der Waals surface area (Å²) in [7, 11) is 0. The van der Waals surface area contributed by atoms with E-state index in [2.05, 4.69) is 6.58 Å². The van der Waals surface area contributed by atoms with Crippen LogP contribution in [0.25, 0.3) is 0 Å².